The van der Waals surface area contributed by atoms with E-state index in [0.29, 0.717) is 0 Å². The first-order valence-electron chi connectivity index (χ1n) is 5.70. The molecular weight excluding hydrogens is 235 g/mol. The number of hydrogen-bond acceptors (Lipinski definition) is 3. The van der Waals surface area contributed by atoms with Gasteiger partial charge in [-0.2, -0.15) is 0 Å². The van der Waals surface area contributed by atoms with Gasteiger partial charge in [-0.05, 0) is 6.07 Å². The fraction of sp³-hybridized carbons (Fsp3) is 0.385. The Labute approximate surface area is 105 Å². The van der Waals surface area contributed by atoms with Gasteiger partial charge in [-0.1, -0.05) is 26.0 Å². The molecular formula is C13H15FN2O2. The zero-order chi connectivity index (χ0) is 13.5. The first kappa shape index (κ1) is 12.5. The van der Waals surface area contributed by atoms with E-state index in [4.69, 9.17) is 5.73 Å². The summed E-state index contributed by atoms with van der Waals surface area (Å²) in [7, 11) is 0. The minimum absolute atomic E-state index is 0.0193. The minimum Gasteiger partial charge on any atom is -0.396 e. The van der Waals surface area contributed by atoms with Crippen LogP contribution in [0.25, 0.3) is 0 Å². The highest BCUT2D eigenvalue weighted by Crippen LogP contribution is 2.33. The molecule has 1 aromatic carbocycles. The van der Waals surface area contributed by atoms with E-state index in [0.717, 1.165) is 4.90 Å². The van der Waals surface area contributed by atoms with Crippen LogP contribution in [0.3, 0.4) is 0 Å². The van der Waals surface area contributed by atoms with Gasteiger partial charge >= 0.3 is 0 Å². The number of nitrogens with two attached hydrogens (primary N) is 1. The molecule has 96 valence electrons. The van der Waals surface area contributed by atoms with Gasteiger partial charge in [0.25, 0.3) is 0 Å². The van der Waals surface area contributed by atoms with E-state index in [1.807, 2.05) is 0 Å². The lowest BCUT2D eigenvalue weighted by molar-refractivity contribution is -0.141. The lowest BCUT2D eigenvalue weighted by Gasteiger charge is -2.18. The summed E-state index contributed by atoms with van der Waals surface area (Å²) >= 11 is 0. The van der Waals surface area contributed by atoms with E-state index < -0.39 is 11.2 Å². The second-order valence-corrected chi connectivity index (χ2v) is 5.17. The van der Waals surface area contributed by atoms with Gasteiger partial charge in [0.2, 0.25) is 11.8 Å². The van der Waals surface area contributed by atoms with E-state index in [1.54, 1.807) is 19.9 Å². The van der Waals surface area contributed by atoms with Crippen molar-refractivity contribution in [2.75, 3.05) is 5.73 Å². The van der Waals surface area contributed by atoms with Crippen molar-refractivity contribution in [3.05, 3.63) is 29.6 Å². The van der Waals surface area contributed by atoms with Crippen LogP contribution >= 0.6 is 0 Å². The Morgan fingerprint density at radius 2 is 2.06 bits per heavy atom. The Hall–Kier alpha value is -1.91. The third-order valence-corrected chi connectivity index (χ3v) is 3.16. The van der Waals surface area contributed by atoms with Crippen molar-refractivity contribution in [3.8, 4) is 0 Å². The van der Waals surface area contributed by atoms with Crippen LogP contribution < -0.4 is 5.73 Å². The van der Waals surface area contributed by atoms with E-state index in [1.165, 1.54) is 12.1 Å². The Morgan fingerprint density at radius 3 is 2.61 bits per heavy atom. The number of imide groups is 1. The molecule has 1 heterocycles. The molecule has 1 fully saturated rings. The number of anilines is 1. The highest BCUT2D eigenvalue weighted by molar-refractivity contribution is 6.05. The third-order valence-electron chi connectivity index (χ3n) is 3.16. The maximum Gasteiger partial charge on any atom is 0.235 e. The summed E-state index contributed by atoms with van der Waals surface area (Å²) in [5.74, 6) is -1.11. The van der Waals surface area contributed by atoms with Crippen LogP contribution in [-0.4, -0.2) is 16.7 Å². The first-order valence-corrected chi connectivity index (χ1v) is 5.70. The number of nitrogens with zero attached hydrogens (tertiary/aromatic N) is 1. The van der Waals surface area contributed by atoms with Gasteiger partial charge < -0.3 is 5.73 Å². The fourth-order valence-corrected chi connectivity index (χ4v) is 2.08. The average molecular weight is 250 g/mol. The summed E-state index contributed by atoms with van der Waals surface area (Å²) in [4.78, 5) is 24.8. The molecule has 0 radical (unpaired) electrons. The molecule has 1 saturated heterocycles. The molecule has 0 unspecified atom stereocenters. The van der Waals surface area contributed by atoms with Crippen molar-refractivity contribution in [3.63, 3.8) is 0 Å². The molecule has 1 aliphatic heterocycles. The van der Waals surface area contributed by atoms with Crippen LogP contribution in [0.15, 0.2) is 18.2 Å². The molecule has 4 nitrogen and oxygen atoms in total. The Bertz CT molecular complexity index is 526. The van der Waals surface area contributed by atoms with Crippen molar-refractivity contribution in [1.82, 2.24) is 4.90 Å². The normalized spacial score (nSPS) is 18.5. The standard InChI is InChI=1S/C13H15FN2O2/c1-13(2)6-10(17)16(12(13)18)7-8-4-3-5-9(15)11(8)14/h3-5H,6-7,15H2,1-2H3. The van der Waals surface area contributed by atoms with Crippen LogP contribution in [0, 0.1) is 11.2 Å². The Morgan fingerprint density at radius 1 is 1.39 bits per heavy atom. The summed E-state index contributed by atoms with van der Waals surface area (Å²) in [6.45, 7) is 3.36. The largest absolute Gasteiger partial charge is 0.396 e. The quantitative estimate of drug-likeness (QED) is 0.641. The summed E-state index contributed by atoms with van der Waals surface area (Å²) in [6, 6.07) is 4.57. The maximum atomic E-state index is 13.7. The van der Waals surface area contributed by atoms with Crippen molar-refractivity contribution in [2.24, 2.45) is 5.41 Å². The molecule has 2 amide bonds. The number of amides is 2. The van der Waals surface area contributed by atoms with E-state index >= 15 is 0 Å². The second-order valence-electron chi connectivity index (χ2n) is 5.17. The average Bonchev–Trinajstić information content (AvgIpc) is 2.47. The molecule has 0 aromatic heterocycles. The molecule has 1 aliphatic rings. The molecule has 18 heavy (non-hydrogen) atoms. The molecule has 2 N–H and O–H groups in total. The van der Waals surface area contributed by atoms with Crippen LogP contribution in [0.5, 0.6) is 0 Å². The number of nitrogen functional groups attached to an aromatic ring is 1. The smallest absolute Gasteiger partial charge is 0.235 e. The summed E-state index contributed by atoms with van der Waals surface area (Å²) in [5, 5.41) is 0. The lowest BCUT2D eigenvalue weighted by Crippen LogP contribution is -2.32. The van der Waals surface area contributed by atoms with Gasteiger partial charge in [0.05, 0.1) is 17.6 Å². The predicted octanol–water partition coefficient (Wildman–Crippen LogP) is 1.69. The van der Waals surface area contributed by atoms with E-state index in [9.17, 15) is 14.0 Å². The highest BCUT2D eigenvalue weighted by Gasteiger charge is 2.44. The summed E-state index contributed by atoms with van der Waals surface area (Å²) < 4.78 is 13.7. The van der Waals surface area contributed by atoms with E-state index in [2.05, 4.69) is 0 Å². The number of carbonyl (C=O) groups is 2. The SMILES string of the molecule is CC1(C)CC(=O)N(Cc2cccc(N)c2F)C1=O. The van der Waals surface area contributed by atoms with Gasteiger partial charge in [0, 0.05) is 12.0 Å². The fourth-order valence-electron chi connectivity index (χ4n) is 2.08. The molecule has 0 aliphatic carbocycles. The highest BCUT2D eigenvalue weighted by atomic mass is 19.1. The molecule has 0 atom stereocenters. The van der Waals surface area contributed by atoms with Crippen molar-refractivity contribution < 1.29 is 14.0 Å². The van der Waals surface area contributed by atoms with Crippen molar-refractivity contribution in [1.29, 1.82) is 0 Å². The molecule has 0 bridgehead atoms. The Kier molecular flexibility index (Phi) is 2.84. The van der Waals surface area contributed by atoms with Crippen LogP contribution in [0.4, 0.5) is 10.1 Å². The van der Waals surface area contributed by atoms with Gasteiger partial charge in [-0.3, -0.25) is 14.5 Å². The molecule has 0 spiro atoms. The minimum atomic E-state index is -0.701. The second kappa shape index (κ2) is 4.08. The van der Waals surface area contributed by atoms with Gasteiger partial charge in [-0.15, -0.1) is 0 Å². The number of benzene rings is 1. The maximum absolute atomic E-state index is 13.7. The number of rotatable bonds is 2. The zero-order valence-electron chi connectivity index (χ0n) is 10.4. The number of likely N-dealkylation sites (tertiary alicyclic amines) is 1. The van der Waals surface area contributed by atoms with Crippen molar-refractivity contribution in [2.45, 2.75) is 26.8 Å². The number of halogens is 1. The topological polar surface area (TPSA) is 63.4 Å². The Balaban J connectivity index is 2.27. The van der Waals surface area contributed by atoms with Gasteiger partial charge in [0.15, 0.2) is 5.82 Å². The summed E-state index contributed by atoms with van der Waals surface area (Å²) in [5.41, 5.74) is 5.03. The van der Waals surface area contributed by atoms with Gasteiger partial charge in [-0.25, -0.2) is 4.39 Å². The molecule has 1 aromatic rings. The van der Waals surface area contributed by atoms with Crippen LogP contribution in [0.2, 0.25) is 0 Å². The molecule has 0 saturated carbocycles. The first-order chi connectivity index (χ1) is 8.33. The van der Waals surface area contributed by atoms with Crippen molar-refractivity contribution >= 4 is 17.5 Å². The van der Waals surface area contributed by atoms with Crippen LogP contribution in [-0.2, 0) is 16.1 Å². The molecule has 5 heteroatoms. The zero-order valence-corrected chi connectivity index (χ0v) is 10.4. The monoisotopic (exact) mass is 250 g/mol. The predicted molar refractivity (Wildman–Crippen MR) is 64.8 cm³/mol. The molecule has 2 rings (SSSR count). The lowest BCUT2D eigenvalue weighted by atomic mass is 9.92. The van der Waals surface area contributed by atoms with Gasteiger partial charge in [0.1, 0.15) is 0 Å². The third kappa shape index (κ3) is 1.96. The van der Waals surface area contributed by atoms with E-state index in [-0.39, 0.29) is 36.0 Å². The summed E-state index contributed by atoms with van der Waals surface area (Å²) in [6.07, 6.45) is 0.162. The van der Waals surface area contributed by atoms with Crippen LogP contribution in [0.1, 0.15) is 25.8 Å². The number of carbonyl (C=O) groups excluding carboxylic acids is 2. The number of hydrogen-bond donors (Lipinski definition) is 1.